The van der Waals surface area contributed by atoms with Gasteiger partial charge in [-0.15, -0.1) is 0 Å². The molecule has 0 aliphatic heterocycles. The van der Waals surface area contributed by atoms with Gasteiger partial charge in [-0.25, -0.2) is 0 Å². The van der Waals surface area contributed by atoms with Gasteiger partial charge >= 0.3 is 0 Å². The molecule has 0 radical (unpaired) electrons. The Hall–Kier alpha value is -2.88. The van der Waals surface area contributed by atoms with Crippen LogP contribution in [0.5, 0.6) is 23.0 Å². The summed E-state index contributed by atoms with van der Waals surface area (Å²) >= 11 is 0. The van der Waals surface area contributed by atoms with Crippen LogP contribution in [0.2, 0.25) is 0 Å². The molecular formula is C21H24O4. The largest absolute Gasteiger partial charge is 0.508 e. The van der Waals surface area contributed by atoms with Crippen molar-refractivity contribution < 1.29 is 19.7 Å². The molecule has 4 nitrogen and oxygen atoms in total. The molecule has 2 N–H and O–H groups in total. The van der Waals surface area contributed by atoms with Crippen LogP contribution in [0.3, 0.4) is 0 Å². The van der Waals surface area contributed by atoms with Crippen LogP contribution in [-0.4, -0.2) is 24.4 Å². The van der Waals surface area contributed by atoms with Gasteiger partial charge in [-0.1, -0.05) is 30.4 Å². The molecule has 0 fully saturated rings. The number of phenols is 2. The molecule has 0 atom stereocenters. The molecule has 2 aromatic rings. The van der Waals surface area contributed by atoms with Crippen LogP contribution in [-0.2, 0) is 0 Å². The minimum absolute atomic E-state index is 0.147. The molecule has 2 rings (SSSR count). The fourth-order valence-electron chi connectivity index (χ4n) is 2.42. The van der Waals surface area contributed by atoms with E-state index < -0.39 is 0 Å². The van der Waals surface area contributed by atoms with Crippen LogP contribution < -0.4 is 9.47 Å². The number of ether oxygens (including phenoxy) is 2. The molecule has 0 heterocycles. The lowest BCUT2D eigenvalue weighted by Gasteiger charge is -2.03. The number of hydrogen-bond acceptors (Lipinski definition) is 4. The van der Waals surface area contributed by atoms with Crippen molar-refractivity contribution in [2.24, 2.45) is 0 Å². The SMILES string of the molecule is COc1cc(O)cc(/C=C/CCC/C=C/c2ccc(OC)c(O)c2)c1. The van der Waals surface area contributed by atoms with Gasteiger partial charge in [0, 0.05) is 6.07 Å². The molecule has 0 aliphatic rings. The number of hydrogen-bond donors (Lipinski definition) is 2. The van der Waals surface area contributed by atoms with Crippen LogP contribution in [0, 0.1) is 0 Å². The standard InChI is InChI=1S/C21H24O4/c1-24-19-13-17(12-18(22)15-19)9-7-5-3-4-6-8-16-10-11-21(25-2)20(23)14-16/h6-15,22-23H,3-5H2,1-2H3/b8-6+,9-7+. The van der Waals surface area contributed by atoms with E-state index in [1.807, 2.05) is 24.3 Å². The zero-order chi connectivity index (χ0) is 18.1. The van der Waals surface area contributed by atoms with E-state index in [4.69, 9.17) is 9.47 Å². The maximum absolute atomic E-state index is 9.73. The Kier molecular flexibility index (Phi) is 6.96. The highest BCUT2D eigenvalue weighted by Crippen LogP contribution is 2.26. The summed E-state index contributed by atoms with van der Waals surface area (Å²) < 4.78 is 10.2. The van der Waals surface area contributed by atoms with Gasteiger partial charge in [-0.05, 0) is 54.7 Å². The topological polar surface area (TPSA) is 58.9 Å². The molecule has 0 bridgehead atoms. The highest BCUT2D eigenvalue weighted by atomic mass is 16.5. The molecule has 0 aliphatic carbocycles. The molecule has 0 spiro atoms. The van der Waals surface area contributed by atoms with E-state index in [9.17, 15) is 10.2 Å². The first-order valence-electron chi connectivity index (χ1n) is 8.20. The van der Waals surface area contributed by atoms with E-state index in [1.54, 1.807) is 31.4 Å². The van der Waals surface area contributed by atoms with Gasteiger partial charge in [0.25, 0.3) is 0 Å². The summed E-state index contributed by atoms with van der Waals surface area (Å²) in [6, 6.07) is 10.5. The number of allylic oxidation sites excluding steroid dienone is 2. The third-order valence-electron chi connectivity index (χ3n) is 3.71. The highest BCUT2D eigenvalue weighted by Gasteiger charge is 2.00. The Morgan fingerprint density at radius 2 is 1.56 bits per heavy atom. The van der Waals surface area contributed by atoms with Crippen LogP contribution >= 0.6 is 0 Å². The van der Waals surface area contributed by atoms with Gasteiger partial charge in [0.1, 0.15) is 11.5 Å². The van der Waals surface area contributed by atoms with Gasteiger partial charge < -0.3 is 19.7 Å². The lowest BCUT2D eigenvalue weighted by atomic mass is 10.1. The van der Waals surface area contributed by atoms with Gasteiger partial charge in [0.2, 0.25) is 0 Å². The molecular weight excluding hydrogens is 316 g/mol. The Bertz CT molecular complexity index is 748. The summed E-state index contributed by atoms with van der Waals surface area (Å²) in [5.41, 5.74) is 1.86. The molecule has 25 heavy (non-hydrogen) atoms. The van der Waals surface area contributed by atoms with E-state index in [2.05, 4.69) is 12.2 Å². The second-order valence-electron chi connectivity index (χ2n) is 5.63. The third kappa shape index (κ3) is 5.92. The fraction of sp³-hybridized carbons (Fsp3) is 0.238. The maximum Gasteiger partial charge on any atom is 0.160 e. The summed E-state index contributed by atoms with van der Waals surface area (Å²) in [6.45, 7) is 0. The number of unbranched alkanes of at least 4 members (excludes halogenated alkanes) is 2. The first-order valence-corrected chi connectivity index (χ1v) is 8.20. The van der Waals surface area contributed by atoms with E-state index in [0.29, 0.717) is 11.5 Å². The molecule has 0 aromatic heterocycles. The first kappa shape index (κ1) is 18.5. The Balaban J connectivity index is 1.77. The average Bonchev–Trinajstić information content (AvgIpc) is 2.60. The molecule has 132 valence electrons. The van der Waals surface area contributed by atoms with E-state index >= 15 is 0 Å². The van der Waals surface area contributed by atoms with Crippen molar-refractivity contribution >= 4 is 12.2 Å². The van der Waals surface area contributed by atoms with Crippen LogP contribution in [0.1, 0.15) is 30.4 Å². The predicted molar refractivity (Wildman–Crippen MR) is 101 cm³/mol. The Morgan fingerprint density at radius 1 is 0.840 bits per heavy atom. The average molecular weight is 340 g/mol. The predicted octanol–water partition coefficient (Wildman–Crippen LogP) is 5.01. The molecule has 2 aromatic carbocycles. The minimum Gasteiger partial charge on any atom is -0.508 e. The molecule has 0 amide bonds. The van der Waals surface area contributed by atoms with E-state index in [0.717, 1.165) is 30.4 Å². The normalized spacial score (nSPS) is 11.3. The second-order valence-corrected chi connectivity index (χ2v) is 5.63. The van der Waals surface area contributed by atoms with Crippen molar-refractivity contribution in [3.63, 3.8) is 0 Å². The number of aromatic hydroxyl groups is 2. The molecule has 4 heteroatoms. The van der Waals surface area contributed by atoms with Crippen molar-refractivity contribution in [1.29, 1.82) is 0 Å². The first-order chi connectivity index (χ1) is 12.1. The monoisotopic (exact) mass is 340 g/mol. The summed E-state index contributed by atoms with van der Waals surface area (Å²) in [4.78, 5) is 0. The highest BCUT2D eigenvalue weighted by molar-refractivity contribution is 5.56. The van der Waals surface area contributed by atoms with Crippen LogP contribution in [0.15, 0.2) is 48.6 Å². The second kappa shape index (κ2) is 9.42. The van der Waals surface area contributed by atoms with Gasteiger partial charge in [-0.3, -0.25) is 0 Å². The number of methoxy groups -OCH3 is 2. The number of benzene rings is 2. The van der Waals surface area contributed by atoms with Gasteiger partial charge in [-0.2, -0.15) is 0 Å². The quantitative estimate of drug-likeness (QED) is 0.663. The number of rotatable bonds is 8. The summed E-state index contributed by atoms with van der Waals surface area (Å²) in [7, 11) is 3.11. The summed E-state index contributed by atoms with van der Waals surface area (Å²) in [5.74, 6) is 1.47. The molecule has 0 saturated carbocycles. The van der Waals surface area contributed by atoms with E-state index in [-0.39, 0.29) is 11.5 Å². The zero-order valence-corrected chi connectivity index (χ0v) is 14.6. The summed E-state index contributed by atoms with van der Waals surface area (Å²) in [6.07, 6.45) is 11.0. The van der Waals surface area contributed by atoms with Gasteiger partial charge in [0.05, 0.1) is 14.2 Å². The van der Waals surface area contributed by atoms with Crippen molar-refractivity contribution in [3.8, 4) is 23.0 Å². The van der Waals surface area contributed by atoms with E-state index in [1.165, 1.54) is 7.11 Å². The van der Waals surface area contributed by atoms with Gasteiger partial charge in [0.15, 0.2) is 11.5 Å². The van der Waals surface area contributed by atoms with Crippen molar-refractivity contribution in [2.75, 3.05) is 14.2 Å². The zero-order valence-electron chi connectivity index (χ0n) is 14.6. The maximum atomic E-state index is 9.73. The van der Waals surface area contributed by atoms with Crippen molar-refractivity contribution in [1.82, 2.24) is 0 Å². The Labute approximate surface area is 148 Å². The van der Waals surface area contributed by atoms with Crippen molar-refractivity contribution in [3.05, 3.63) is 59.7 Å². The lowest BCUT2D eigenvalue weighted by Crippen LogP contribution is -1.83. The Morgan fingerprint density at radius 3 is 2.20 bits per heavy atom. The molecule has 0 unspecified atom stereocenters. The third-order valence-corrected chi connectivity index (χ3v) is 3.71. The smallest absolute Gasteiger partial charge is 0.160 e. The van der Waals surface area contributed by atoms with Crippen LogP contribution in [0.4, 0.5) is 0 Å². The van der Waals surface area contributed by atoms with Crippen LogP contribution in [0.25, 0.3) is 12.2 Å². The minimum atomic E-state index is 0.147. The molecule has 0 saturated heterocycles. The lowest BCUT2D eigenvalue weighted by molar-refractivity contribution is 0.373. The summed E-state index contributed by atoms with van der Waals surface area (Å²) in [5, 5.41) is 19.3. The van der Waals surface area contributed by atoms with Crippen molar-refractivity contribution in [2.45, 2.75) is 19.3 Å². The number of phenolic OH excluding ortho intramolecular Hbond substituents is 2. The fourth-order valence-corrected chi connectivity index (χ4v) is 2.42.